The van der Waals surface area contributed by atoms with E-state index in [9.17, 15) is 8.42 Å². The third kappa shape index (κ3) is 4.65. The SMILES string of the molecule is CCCCS(=O)(=O)N1CCC(N2CCC(OC)CC2)CC1. The van der Waals surface area contributed by atoms with E-state index in [-0.39, 0.29) is 0 Å². The Bertz CT molecular complexity index is 397. The third-order valence-electron chi connectivity index (χ3n) is 4.90. The monoisotopic (exact) mass is 318 g/mol. The van der Waals surface area contributed by atoms with Gasteiger partial charge in [0.2, 0.25) is 10.0 Å². The van der Waals surface area contributed by atoms with Crippen molar-refractivity contribution in [3.63, 3.8) is 0 Å². The van der Waals surface area contributed by atoms with E-state index in [1.807, 2.05) is 6.92 Å². The number of ether oxygens (including phenoxy) is 1. The van der Waals surface area contributed by atoms with Crippen LogP contribution in [0.15, 0.2) is 0 Å². The number of unbranched alkanes of at least 4 members (excludes halogenated alkanes) is 1. The summed E-state index contributed by atoms with van der Waals surface area (Å²) >= 11 is 0. The lowest BCUT2D eigenvalue weighted by Crippen LogP contribution is -2.50. The predicted molar refractivity (Wildman–Crippen MR) is 84.9 cm³/mol. The standard InChI is InChI=1S/C15H30N2O3S/c1-3-4-13-21(18,19)17-11-5-14(6-12-17)16-9-7-15(20-2)8-10-16/h14-15H,3-13H2,1-2H3. The summed E-state index contributed by atoms with van der Waals surface area (Å²) in [6.07, 6.45) is 6.27. The van der Waals surface area contributed by atoms with Crippen LogP contribution in [-0.4, -0.2) is 68.8 Å². The molecule has 2 aliphatic rings. The molecule has 6 heteroatoms. The second-order valence-corrected chi connectivity index (χ2v) is 8.36. The molecule has 2 heterocycles. The van der Waals surface area contributed by atoms with Crippen molar-refractivity contribution in [1.82, 2.24) is 9.21 Å². The Balaban J connectivity index is 1.78. The molecule has 0 aromatic carbocycles. The number of hydrogen-bond donors (Lipinski definition) is 0. The molecule has 2 fully saturated rings. The molecule has 0 bridgehead atoms. The number of nitrogens with zero attached hydrogens (tertiary/aromatic N) is 2. The normalized spacial score (nSPS) is 24.5. The number of likely N-dealkylation sites (tertiary alicyclic amines) is 1. The van der Waals surface area contributed by atoms with Crippen molar-refractivity contribution in [3.05, 3.63) is 0 Å². The number of hydrogen-bond acceptors (Lipinski definition) is 4. The van der Waals surface area contributed by atoms with Crippen molar-refractivity contribution < 1.29 is 13.2 Å². The lowest BCUT2D eigenvalue weighted by Gasteiger charge is -2.41. The van der Waals surface area contributed by atoms with E-state index in [1.165, 1.54) is 0 Å². The number of piperidine rings is 2. The summed E-state index contributed by atoms with van der Waals surface area (Å²) < 4.78 is 31.5. The van der Waals surface area contributed by atoms with Crippen LogP contribution < -0.4 is 0 Å². The highest BCUT2D eigenvalue weighted by atomic mass is 32.2. The minimum Gasteiger partial charge on any atom is -0.381 e. The molecular weight excluding hydrogens is 288 g/mol. The smallest absolute Gasteiger partial charge is 0.214 e. The van der Waals surface area contributed by atoms with Crippen molar-refractivity contribution in [2.24, 2.45) is 0 Å². The maximum Gasteiger partial charge on any atom is 0.214 e. The molecule has 124 valence electrons. The van der Waals surface area contributed by atoms with E-state index in [0.717, 1.165) is 51.6 Å². The zero-order valence-corrected chi connectivity index (χ0v) is 14.3. The minimum absolute atomic E-state index is 0.313. The number of sulfonamides is 1. The average molecular weight is 318 g/mol. The van der Waals surface area contributed by atoms with Crippen molar-refractivity contribution in [1.29, 1.82) is 0 Å². The lowest BCUT2D eigenvalue weighted by molar-refractivity contribution is 0.0190. The van der Waals surface area contributed by atoms with Gasteiger partial charge in [-0.3, -0.25) is 0 Å². The highest BCUT2D eigenvalue weighted by Crippen LogP contribution is 2.23. The van der Waals surface area contributed by atoms with Crippen molar-refractivity contribution in [2.75, 3.05) is 39.0 Å². The van der Waals surface area contributed by atoms with Crippen molar-refractivity contribution in [3.8, 4) is 0 Å². The molecule has 2 aliphatic heterocycles. The van der Waals surface area contributed by atoms with E-state index in [2.05, 4.69) is 4.90 Å². The summed E-state index contributed by atoms with van der Waals surface area (Å²) in [5.74, 6) is 0.313. The van der Waals surface area contributed by atoms with Gasteiger partial charge in [0.15, 0.2) is 0 Å². The van der Waals surface area contributed by atoms with Gasteiger partial charge in [-0.25, -0.2) is 12.7 Å². The molecule has 0 atom stereocenters. The van der Waals surface area contributed by atoms with Gasteiger partial charge in [-0.05, 0) is 32.1 Å². The molecule has 0 N–H and O–H groups in total. The van der Waals surface area contributed by atoms with Crippen LogP contribution in [-0.2, 0) is 14.8 Å². The molecule has 2 saturated heterocycles. The van der Waals surface area contributed by atoms with Gasteiger partial charge in [0, 0.05) is 39.3 Å². The van der Waals surface area contributed by atoms with Gasteiger partial charge in [-0.1, -0.05) is 13.3 Å². The second-order valence-electron chi connectivity index (χ2n) is 6.27. The quantitative estimate of drug-likeness (QED) is 0.748. The van der Waals surface area contributed by atoms with E-state index in [1.54, 1.807) is 11.4 Å². The van der Waals surface area contributed by atoms with E-state index >= 15 is 0 Å². The first-order valence-corrected chi connectivity index (χ1v) is 9.92. The largest absolute Gasteiger partial charge is 0.381 e. The Labute approximate surface area is 129 Å². The molecule has 0 aliphatic carbocycles. The van der Waals surface area contributed by atoms with Gasteiger partial charge in [-0.2, -0.15) is 0 Å². The summed E-state index contributed by atoms with van der Waals surface area (Å²) in [6.45, 7) is 5.60. The molecule has 5 nitrogen and oxygen atoms in total. The molecule has 0 saturated carbocycles. The topological polar surface area (TPSA) is 49.9 Å². The predicted octanol–water partition coefficient (Wildman–Crippen LogP) is 1.69. The van der Waals surface area contributed by atoms with Crippen molar-refractivity contribution >= 4 is 10.0 Å². The molecule has 0 spiro atoms. The maximum atomic E-state index is 12.2. The molecule has 0 radical (unpaired) electrons. The molecule has 21 heavy (non-hydrogen) atoms. The van der Waals surface area contributed by atoms with Crippen LogP contribution in [0.4, 0.5) is 0 Å². The van der Waals surface area contributed by atoms with Crippen LogP contribution in [0.25, 0.3) is 0 Å². The fraction of sp³-hybridized carbons (Fsp3) is 1.00. The lowest BCUT2D eigenvalue weighted by atomic mass is 10.00. The maximum absolute atomic E-state index is 12.2. The average Bonchev–Trinajstić information content (AvgIpc) is 2.53. The summed E-state index contributed by atoms with van der Waals surface area (Å²) in [4.78, 5) is 2.53. The zero-order chi connectivity index (χ0) is 15.3. The fourth-order valence-electron chi connectivity index (χ4n) is 3.42. The van der Waals surface area contributed by atoms with Gasteiger partial charge >= 0.3 is 0 Å². The van der Waals surface area contributed by atoms with Gasteiger partial charge in [0.25, 0.3) is 0 Å². The van der Waals surface area contributed by atoms with Crippen LogP contribution in [0.3, 0.4) is 0 Å². The van der Waals surface area contributed by atoms with Crippen LogP contribution in [0.5, 0.6) is 0 Å². The molecule has 0 amide bonds. The minimum atomic E-state index is -3.02. The zero-order valence-electron chi connectivity index (χ0n) is 13.5. The highest BCUT2D eigenvalue weighted by Gasteiger charge is 2.31. The number of methoxy groups -OCH3 is 1. The summed E-state index contributed by atoms with van der Waals surface area (Å²) in [6, 6.07) is 0.556. The number of rotatable bonds is 6. The van der Waals surface area contributed by atoms with Crippen LogP contribution in [0, 0.1) is 0 Å². The van der Waals surface area contributed by atoms with Gasteiger partial charge in [0.05, 0.1) is 11.9 Å². The molecular formula is C15H30N2O3S. The Morgan fingerprint density at radius 1 is 1.05 bits per heavy atom. The molecule has 0 aromatic rings. The first-order chi connectivity index (χ1) is 10.1. The summed E-state index contributed by atoms with van der Waals surface area (Å²) in [7, 11) is -1.23. The molecule has 2 rings (SSSR count). The highest BCUT2D eigenvalue weighted by molar-refractivity contribution is 7.89. The van der Waals surface area contributed by atoms with Crippen LogP contribution in [0.1, 0.15) is 45.4 Å². The third-order valence-corrected chi connectivity index (χ3v) is 6.86. The van der Waals surface area contributed by atoms with Crippen LogP contribution >= 0.6 is 0 Å². The van der Waals surface area contributed by atoms with E-state index in [4.69, 9.17) is 4.74 Å². The first-order valence-electron chi connectivity index (χ1n) is 8.31. The van der Waals surface area contributed by atoms with Crippen molar-refractivity contribution in [2.45, 2.75) is 57.6 Å². The first kappa shape index (κ1) is 17.2. The Kier molecular flexibility index (Phi) is 6.47. The summed E-state index contributed by atoms with van der Waals surface area (Å²) in [5, 5.41) is 0. The van der Waals surface area contributed by atoms with E-state index in [0.29, 0.717) is 31.0 Å². The molecule has 0 aromatic heterocycles. The fourth-order valence-corrected chi connectivity index (χ4v) is 5.10. The summed E-state index contributed by atoms with van der Waals surface area (Å²) in [5.41, 5.74) is 0. The van der Waals surface area contributed by atoms with Gasteiger partial charge in [0.1, 0.15) is 0 Å². The Morgan fingerprint density at radius 2 is 1.67 bits per heavy atom. The van der Waals surface area contributed by atoms with E-state index < -0.39 is 10.0 Å². The van der Waals surface area contributed by atoms with Crippen LogP contribution in [0.2, 0.25) is 0 Å². The molecule has 0 unspecified atom stereocenters. The Hall–Kier alpha value is -0.170. The van der Waals surface area contributed by atoms with Gasteiger partial charge < -0.3 is 9.64 Å². The Morgan fingerprint density at radius 3 is 2.19 bits per heavy atom. The van der Waals surface area contributed by atoms with Gasteiger partial charge in [-0.15, -0.1) is 0 Å². The second kappa shape index (κ2) is 7.90.